The van der Waals surface area contributed by atoms with Crippen molar-refractivity contribution in [2.24, 2.45) is 0 Å². The molecule has 0 saturated heterocycles. The molecule has 0 unspecified atom stereocenters. The topological polar surface area (TPSA) is 55.3 Å². The van der Waals surface area contributed by atoms with Crippen LogP contribution >= 0.6 is 0 Å². The number of fused-ring (bicyclic) bond motifs is 1. The first-order valence-electron chi connectivity index (χ1n) is 7.38. The number of unbranched alkanes of at least 4 members (excludes halogenated alkanes) is 1. The standard InChI is InChI=1S/C16H23N3O2/c1-3-4-9-17-16(20)18-14-12-19(10-11-21-2)15-8-6-5-7-13(14)15/h5-8,12H,3-4,9-11H2,1-2H3,(H2,17,18,20). The number of nitrogens with one attached hydrogen (secondary N) is 2. The van der Waals surface area contributed by atoms with Gasteiger partial charge in [0, 0.05) is 31.8 Å². The van der Waals surface area contributed by atoms with Gasteiger partial charge in [-0.15, -0.1) is 0 Å². The number of ether oxygens (including phenoxy) is 1. The monoisotopic (exact) mass is 289 g/mol. The van der Waals surface area contributed by atoms with Gasteiger partial charge in [-0.2, -0.15) is 0 Å². The Kier molecular flexibility index (Phi) is 5.63. The Morgan fingerprint density at radius 3 is 2.90 bits per heavy atom. The molecule has 0 radical (unpaired) electrons. The van der Waals surface area contributed by atoms with Crippen molar-refractivity contribution in [1.82, 2.24) is 9.88 Å². The smallest absolute Gasteiger partial charge is 0.319 e. The van der Waals surface area contributed by atoms with E-state index in [9.17, 15) is 4.79 Å². The van der Waals surface area contributed by atoms with Crippen LogP contribution in [0.5, 0.6) is 0 Å². The Hall–Kier alpha value is -2.01. The van der Waals surface area contributed by atoms with Crippen LogP contribution in [-0.4, -0.2) is 30.9 Å². The van der Waals surface area contributed by atoms with Crippen LogP contribution in [0.15, 0.2) is 30.5 Å². The van der Waals surface area contributed by atoms with Gasteiger partial charge in [0.2, 0.25) is 0 Å². The van der Waals surface area contributed by atoms with Gasteiger partial charge in [0.1, 0.15) is 0 Å². The fourth-order valence-corrected chi connectivity index (χ4v) is 2.27. The maximum atomic E-state index is 11.9. The highest BCUT2D eigenvalue weighted by atomic mass is 16.5. The summed E-state index contributed by atoms with van der Waals surface area (Å²) < 4.78 is 7.23. The molecule has 2 N–H and O–H groups in total. The van der Waals surface area contributed by atoms with Gasteiger partial charge in [0.05, 0.1) is 17.8 Å². The van der Waals surface area contributed by atoms with Gasteiger partial charge < -0.3 is 19.9 Å². The summed E-state index contributed by atoms with van der Waals surface area (Å²) in [4.78, 5) is 11.9. The molecule has 5 nitrogen and oxygen atoms in total. The number of anilines is 1. The number of hydrogen-bond acceptors (Lipinski definition) is 2. The second-order valence-corrected chi connectivity index (χ2v) is 4.98. The van der Waals surface area contributed by atoms with Gasteiger partial charge in [-0.25, -0.2) is 4.79 Å². The molecule has 2 aromatic rings. The molecule has 1 heterocycles. The summed E-state index contributed by atoms with van der Waals surface area (Å²) in [5, 5.41) is 6.84. The summed E-state index contributed by atoms with van der Waals surface area (Å²) >= 11 is 0. The lowest BCUT2D eigenvalue weighted by Crippen LogP contribution is -2.29. The van der Waals surface area contributed by atoms with E-state index in [4.69, 9.17) is 4.74 Å². The van der Waals surface area contributed by atoms with Crippen molar-refractivity contribution in [2.75, 3.05) is 25.6 Å². The SMILES string of the molecule is CCCCNC(=O)Nc1cn(CCOC)c2ccccc12. The minimum atomic E-state index is -0.155. The molecule has 1 aromatic carbocycles. The van der Waals surface area contributed by atoms with Crippen LogP contribution in [0.3, 0.4) is 0 Å². The van der Waals surface area contributed by atoms with Crippen molar-refractivity contribution >= 4 is 22.6 Å². The minimum absolute atomic E-state index is 0.155. The second-order valence-electron chi connectivity index (χ2n) is 4.98. The Labute approximate surface area is 125 Å². The second kappa shape index (κ2) is 7.69. The summed E-state index contributed by atoms with van der Waals surface area (Å²) in [6, 6.07) is 7.88. The lowest BCUT2D eigenvalue weighted by molar-refractivity contribution is 0.188. The lowest BCUT2D eigenvalue weighted by atomic mass is 10.2. The Morgan fingerprint density at radius 1 is 1.33 bits per heavy atom. The maximum absolute atomic E-state index is 11.9. The number of urea groups is 1. The van der Waals surface area contributed by atoms with Gasteiger partial charge in [0.15, 0.2) is 0 Å². The van der Waals surface area contributed by atoms with Gasteiger partial charge in [-0.1, -0.05) is 31.5 Å². The number of aromatic nitrogens is 1. The van der Waals surface area contributed by atoms with Crippen LogP contribution in [0.4, 0.5) is 10.5 Å². The third-order valence-corrected chi connectivity index (χ3v) is 3.39. The molecule has 5 heteroatoms. The summed E-state index contributed by atoms with van der Waals surface area (Å²) in [7, 11) is 1.69. The van der Waals surface area contributed by atoms with Crippen LogP contribution in [-0.2, 0) is 11.3 Å². The number of methoxy groups -OCH3 is 1. The van der Waals surface area contributed by atoms with Crippen molar-refractivity contribution in [2.45, 2.75) is 26.3 Å². The minimum Gasteiger partial charge on any atom is -0.383 e. The highest BCUT2D eigenvalue weighted by Gasteiger charge is 2.10. The van der Waals surface area contributed by atoms with E-state index in [0.29, 0.717) is 13.2 Å². The van der Waals surface area contributed by atoms with Crippen molar-refractivity contribution in [3.8, 4) is 0 Å². The van der Waals surface area contributed by atoms with Crippen LogP contribution in [0.25, 0.3) is 10.9 Å². The Morgan fingerprint density at radius 2 is 2.14 bits per heavy atom. The van der Waals surface area contributed by atoms with E-state index < -0.39 is 0 Å². The number of hydrogen-bond donors (Lipinski definition) is 2. The molecule has 1 aromatic heterocycles. The molecule has 0 atom stereocenters. The molecular weight excluding hydrogens is 266 g/mol. The molecule has 0 bridgehead atoms. The zero-order valence-electron chi connectivity index (χ0n) is 12.7. The predicted molar refractivity (Wildman–Crippen MR) is 85.7 cm³/mol. The summed E-state index contributed by atoms with van der Waals surface area (Å²) in [6.45, 7) is 4.20. The van der Waals surface area contributed by atoms with E-state index in [1.807, 2.05) is 30.5 Å². The molecular formula is C16H23N3O2. The number of carbonyl (C=O) groups excluding carboxylic acids is 1. The van der Waals surface area contributed by atoms with Crippen LogP contribution < -0.4 is 10.6 Å². The average molecular weight is 289 g/mol. The van der Waals surface area contributed by atoms with Crippen molar-refractivity contribution in [1.29, 1.82) is 0 Å². The molecule has 0 fully saturated rings. The van der Waals surface area contributed by atoms with E-state index in [2.05, 4.69) is 22.1 Å². The van der Waals surface area contributed by atoms with E-state index >= 15 is 0 Å². The molecule has 0 saturated carbocycles. The predicted octanol–water partition coefficient (Wildman–Crippen LogP) is 3.21. The van der Waals surface area contributed by atoms with Crippen LogP contribution in [0, 0.1) is 0 Å². The van der Waals surface area contributed by atoms with Crippen molar-refractivity contribution in [3.05, 3.63) is 30.5 Å². The average Bonchev–Trinajstić information content (AvgIpc) is 2.84. The van der Waals surface area contributed by atoms with Gasteiger partial charge >= 0.3 is 6.03 Å². The van der Waals surface area contributed by atoms with E-state index in [1.165, 1.54) is 0 Å². The molecule has 0 aliphatic carbocycles. The zero-order valence-corrected chi connectivity index (χ0v) is 12.7. The van der Waals surface area contributed by atoms with Gasteiger partial charge in [0.25, 0.3) is 0 Å². The van der Waals surface area contributed by atoms with E-state index in [-0.39, 0.29) is 6.03 Å². The number of para-hydroxylation sites is 1. The molecule has 21 heavy (non-hydrogen) atoms. The maximum Gasteiger partial charge on any atom is 0.319 e. The lowest BCUT2D eigenvalue weighted by Gasteiger charge is -2.05. The normalized spacial score (nSPS) is 10.8. The quantitative estimate of drug-likeness (QED) is 0.769. The summed E-state index contributed by atoms with van der Waals surface area (Å²) in [6.07, 6.45) is 4.02. The molecule has 0 spiro atoms. The third kappa shape index (κ3) is 3.98. The van der Waals surface area contributed by atoms with Crippen molar-refractivity contribution in [3.63, 3.8) is 0 Å². The Balaban J connectivity index is 2.13. The molecule has 114 valence electrons. The molecule has 0 aliphatic heterocycles. The van der Waals surface area contributed by atoms with Gasteiger partial charge in [-0.3, -0.25) is 0 Å². The number of benzene rings is 1. The van der Waals surface area contributed by atoms with Gasteiger partial charge in [-0.05, 0) is 12.5 Å². The van der Waals surface area contributed by atoms with Crippen LogP contribution in [0.2, 0.25) is 0 Å². The highest BCUT2D eigenvalue weighted by molar-refractivity contribution is 6.01. The fourth-order valence-electron chi connectivity index (χ4n) is 2.27. The third-order valence-electron chi connectivity index (χ3n) is 3.39. The van der Waals surface area contributed by atoms with E-state index in [0.717, 1.165) is 36.0 Å². The molecule has 0 aliphatic rings. The van der Waals surface area contributed by atoms with E-state index in [1.54, 1.807) is 7.11 Å². The number of carbonyl (C=O) groups is 1. The first-order valence-corrected chi connectivity index (χ1v) is 7.38. The first kappa shape index (κ1) is 15.4. The molecule has 2 rings (SSSR count). The first-order chi connectivity index (χ1) is 10.3. The summed E-state index contributed by atoms with van der Waals surface area (Å²) in [5.41, 5.74) is 1.93. The summed E-state index contributed by atoms with van der Waals surface area (Å²) in [5.74, 6) is 0. The Bertz CT molecular complexity index is 592. The highest BCUT2D eigenvalue weighted by Crippen LogP contribution is 2.25. The van der Waals surface area contributed by atoms with Crippen molar-refractivity contribution < 1.29 is 9.53 Å². The molecule has 2 amide bonds. The zero-order chi connectivity index (χ0) is 15.1. The largest absolute Gasteiger partial charge is 0.383 e. The number of nitrogens with zero attached hydrogens (tertiary/aromatic N) is 1. The number of rotatable bonds is 7. The van der Waals surface area contributed by atoms with Crippen LogP contribution in [0.1, 0.15) is 19.8 Å². The fraction of sp³-hybridized carbons (Fsp3) is 0.438. The number of amides is 2.